The summed E-state index contributed by atoms with van der Waals surface area (Å²) in [6.07, 6.45) is 1.84. The van der Waals surface area contributed by atoms with Gasteiger partial charge in [-0.2, -0.15) is 0 Å². The third-order valence-electron chi connectivity index (χ3n) is 4.68. The van der Waals surface area contributed by atoms with Crippen molar-refractivity contribution in [1.29, 1.82) is 0 Å². The van der Waals surface area contributed by atoms with Crippen LogP contribution in [-0.4, -0.2) is 29.5 Å². The molecule has 3 aromatic rings. The van der Waals surface area contributed by atoms with E-state index in [1.54, 1.807) is 12.1 Å². The summed E-state index contributed by atoms with van der Waals surface area (Å²) in [6, 6.07) is 17.5. The minimum atomic E-state index is -0.176. The highest BCUT2D eigenvalue weighted by Crippen LogP contribution is 2.26. The molecule has 4 rings (SSSR count). The van der Waals surface area contributed by atoms with Crippen LogP contribution in [0, 0.1) is 5.82 Å². The number of halogens is 1. The van der Waals surface area contributed by atoms with E-state index in [2.05, 4.69) is 39.5 Å². The van der Waals surface area contributed by atoms with Gasteiger partial charge in [-0.1, -0.05) is 36.4 Å². The first kappa shape index (κ1) is 15.2. The lowest BCUT2D eigenvalue weighted by atomic mass is 10.0. The molecule has 0 spiro atoms. The van der Waals surface area contributed by atoms with Gasteiger partial charge >= 0.3 is 0 Å². The van der Waals surface area contributed by atoms with Crippen LogP contribution in [0.15, 0.2) is 60.8 Å². The van der Waals surface area contributed by atoms with Crippen molar-refractivity contribution in [3.05, 3.63) is 77.7 Å². The molecule has 4 heteroatoms. The maximum Gasteiger partial charge on any atom is 0.123 e. The number of piperazine rings is 1. The largest absolute Gasteiger partial charge is 0.314 e. The lowest BCUT2D eigenvalue weighted by Crippen LogP contribution is -2.45. The monoisotopic (exact) mass is 321 g/mol. The fourth-order valence-electron chi connectivity index (χ4n) is 3.49. The molecule has 0 bridgehead atoms. The van der Waals surface area contributed by atoms with Crippen molar-refractivity contribution in [3.8, 4) is 0 Å². The molecule has 122 valence electrons. The first-order valence-electron chi connectivity index (χ1n) is 8.34. The van der Waals surface area contributed by atoms with Crippen molar-refractivity contribution in [1.82, 2.24) is 15.2 Å². The average molecular weight is 321 g/mol. The predicted molar refractivity (Wildman–Crippen MR) is 94.2 cm³/mol. The Hall–Kier alpha value is -2.30. The SMILES string of the molecule is Fc1cccc(C2CNCCN2Cc2cccc3cccnc23)c1. The number of para-hydroxylation sites is 1. The molecule has 1 aromatic heterocycles. The van der Waals surface area contributed by atoms with Gasteiger partial charge in [0.05, 0.1) is 5.52 Å². The molecule has 1 fully saturated rings. The molecule has 2 aromatic carbocycles. The van der Waals surface area contributed by atoms with Gasteiger partial charge < -0.3 is 5.32 Å². The Morgan fingerprint density at radius 2 is 2.00 bits per heavy atom. The van der Waals surface area contributed by atoms with Crippen molar-refractivity contribution in [2.24, 2.45) is 0 Å². The molecule has 1 aliphatic heterocycles. The molecule has 1 N–H and O–H groups in total. The number of rotatable bonds is 3. The highest BCUT2D eigenvalue weighted by atomic mass is 19.1. The maximum atomic E-state index is 13.6. The van der Waals surface area contributed by atoms with Crippen molar-refractivity contribution >= 4 is 10.9 Å². The number of pyridine rings is 1. The highest BCUT2D eigenvalue weighted by Gasteiger charge is 2.24. The molecular weight excluding hydrogens is 301 g/mol. The lowest BCUT2D eigenvalue weighted by Gasteiger charge is -2.36. The van der Waals surface area contributed by atoms with Gasteiger partial charge in [0.1, 0.15) is 5.82 Å². The van der Waals surface area contributed by atoms with Crippen LogP contribution in [0.1, 0.15) is 17.2 Å². The van der Waals surface area contributed by atoms with Gasteiger partial charge in [-0.05, 0) is 29.3 Å². The highest BCUT2D eigenvalue weighted by molar-refractivity contribution is 5.81. The number of hydrogen-bond donors (Lipinski definition) is 1. The first-order valence-corrected chi connectivity index (χ1v) is 8.34. The zero-order chi connectivity index (χ0) is 16.4. The molecule has 0 amide bonds. The van der Waals surface area contributed by atoms with Gasteiger partial charge in [0.15, 0.2) is 0 Å². The molecular formula is C20H20FN3. The molecule has 0 radical (unpaired) electrons. The van der Waals surface area contributed by atoms with Crippen LogP contribution in [0.4, 0.5) is 4.39 Å². The van der Waals surface area contributed by atoms with E-state index < -0.39 is 0 Å². The van der Waals surface area contributed by atoms with Gasteiger partial charge in [0, 0.05) is 43.8 Å². The Labute approximate surface area is 141 Å². The Bertz CT molecular complexity index is 844. The smallest absolute Gasteiger partial charge is 0.123 e. The molecule has 2 heterocycles. The van der Waals surface area contributed by atoms with Crippen molar-refractivity contribution < 1.29 is 4.39 Å². The number of nitrogens with one attached hydrogen (secondary N) is 1. The Balaban J connectivity index is 1.66. The third-order valence-corrected chi connectivity index (χ3v) is 4.68. The fourth-order valence-corrected chi connectivity index (χ4v) is 3.49. The molecule has 1 aliphatic rings. The summed E-state index contributed by atoms with van der Waals surface area (Å²) in [5, 5.41) is 4.59. The Morgan fingerprint density at radius 3 is 2.92 bits per heavy atom. The maximum absolute atomic E-state index is 13.6. The summed E-state index contributed by atoms with van der Waals surface area (Å²) in [5.74, 6) is -0.176. The average Bonchev–Trinajstić information content (AvgIpc) is 2.62. The number of benzene rings is 2. The van der Waals surface area contributed by atoms with E-state index in [-0.39, 0.29) is 11.9 Å². The van der Waals surface area contributed by atoms with Crippen LogP contribution < -0.4 is 5.32 Å². The zero-order valence-electron chi connectivity index (χ0n) is 13.5. The second-order valence-corrected chi connectivity index (χ2v) is 6.24. The van der Waals surface area contributed by atoms with E-state index in [1.807, 2.05) is 18.3 Å². The second-order valence-electron chi connectivity index (χ2n) is 6.24. The minimum absolute atomic E-state index is 0.174. The summed E-state index contributed by atoms with van der Waals surface area (Å²) in [5.41, 5.74) is 3.29. The number of aromatic nitrogens is 1. The van der Waals surface area contributed by atoms with E-state index in [9.17, 15) is 4.39 Å². The standard InChI is InChI=1S/C20H20FN3/c21-18-8-2-5-16(12-18)19-13-22-10-11-24(19)14-17-6-1-4-15-7-3-9-23-20(15)17/h1-9,12,19,22H,10-11,13-14H2. The topological polar surface area (TPSA) is 28.2 Å². The predicted octanol–water partition coefficient (Wildman–Crippen LogP) is 3.52. The van der Waals surface area contributed by atoms with E-state index >= 15 is 0 Å². The van der Waals surface area contributed by atoms with Crippen LogP contribution in [-0.2, 0) is 6.54 Å². The van der Waals surface area contributed by atoms with E-state index in [0.717, 1.165) is 42.6 Å². The van der Waals surface area contributed by atoms with Crippen LogP contribution >= 0.6 is 0 Å². The number of hydrogen-bond acceptors (Lipinski definition) is 3. The van der Waals surface area contributed by atoms with Gasteiger partial charge in [-0.15, -0.1) is 0 Å². The summed E-state index contributed by atoms with van der Waals surface area (Å²) >= 11 is 0. The fraction of sp³-hybridized carbons (Fsp3) is 0.250. The van der Waals surface area contributed by atoms with Crippen LogP contribution in [0.3, 0.4) is 0 Å². The summed E-state index contributed by atoms with van der Waals surface area (Å²) in [6.45, 7) is 3.53. The van der Waals surface area contributed by atoms with Gasteiger partial charge in [-0.3, -0.25) is 9.88 Å². The Morgan fingerprint density at radius 1 is 1.12 bits per heavy atom. The van der Waals surface area contributed by atoms with Crippen LogP contribution in [0.5, 0.6) is 0 Å². The zero-order valence-corrected chi connectivity index (χ0v) is 13.5. The van der Waals surface area contributed by atoms with E-state index in [4.69, 9.17) is 0 Å². The van der Waals surface area contributed by atoms with E-state index in [1.165, 1.54) is 11.6 Å². The summed E-state index contributed by atoms with van der Waals surface area (Å²) in [7, 11) is 0. The molecule has 1 atom stereocenters. The van der Waals surface area contributed by atoms with E-state index in [0.29, 0.717) is 0 Å². The normalized spacial score (nSPS) is 18.8. The molecule has 0 aliphatic carbocycles. The minimum Gasteiger partial charge on any atom is -0.314 e. The third kappa shape index (κ3) is 3.03. The first-order chi connectivity index (χ1) is 11.8. The molecule has 0 saturated carbocycles. The Kier molecular flexibility index (Phi) is 4.24. The van der Waals surface area contributed by atoms with Gasteiger partial charge in [-0.25, -0.2) is 4.39 Å². The quantitative estimate of drug-likeness (QED) is 0.800. The van der Waals surface area contributed by atoms with Crippen LogP contribution in [0.2, 0.25) is 0 Å². The van der Waals surface area contributed by atoms with Crippen molar-refractivity contribution in [2.45, 2.75) is 12.6 Å². The van der Waals surface area contributed by atoms with Gasteiger partial charge in [0.25, 0.3) is 0 Å². The molecule has 1 unspecified atom stereocenters. The summed E-state index contributed by atoms with van der Waals surface area (Å²) < 4.78 is 13.6. The number of fused-ring (bicyclic) bond motifs is 1. The molecule has 24 heavy (non-hydrogen) atoms. The van der Waals surface area contributed by atoms with Crippen LogP contribution in [0.25, 0.3) is 10.9 Å². The lowest BCUT2D eigenvalue weighted by molar-refractivity contribution is 0.154. The van der Waals surface area contributed by atoms with Crippen molar-refractivity contribution in [3.63, 3.8) is 0 Å². The second kappa shape index (κ2) is 6.67. The van der Waals surface area contributed by atoms with Gasteiger partial charge in [0.2, 0.25) is 0 Å². The number of nitrogens with zero attached hydrogens (tertiary/aromatic N) is 2. The molecule has 1 saturated heterocycles. The summed E-state index contributed by atoms with van der Waals surface area (Å²) in [4.78, 5) is 6.97. The van der Waals surface area contributed by atoms with Crippen molar-refractivity contribution in [2.75, 3.05) is 19.6 Å². The molecule has 3 nitrogen and oxygen atoms in total.